The van der Waals surface area contributed by atoms with Gasteiger partial charge in [0.15, 0.2) is 5.82 Å². The molecule has 0 radical (unpaired) electrons. The van der Waals surface area contributed by atoms with E-state index in [9.17, 15) is 4.79 Å². The lowest BCUT2D eigenvalue weighted by Crippen LogP contribution is -2.07. The molecule has 2 aromatic carbocycles. The standard InChI is InChI=1S/C26H26N4O3/c1-2-3-11-24-28-23(17-19-8-5-4-6-9-19)29-30(24)18-20-12-14-21(15-13-20)22-10-7-16-27-25(22)33-26(31)32/h4-10,12-16H,2-3,11,17-18H2,1H3,(H,31,32). The molecule has 0 saturated carbocycles. The fraction of sp³-hybridized carbons (Fsp3) is 0.231. The molecule has 1 N–H and O–H groups in total. The molecule has 0 unspecified atom stereocenters. The van der Waals surface area contributed by atoms with Gasteiger partial charge in [0.2, 0.25) is 5.88 Å². The Morgan fingerprint density at radius 3 is 2.52 bits per heavy atom. The van der Waals surface area contributed by atoms with E-state index in [4.69, 9.17) is 19.9 Å². The summed E-state index contributed by atoms with van der Waals surface area (Å²) in [5.41, 5.74) is 3.73. The van der Waals surface area contributed by atoms with Crippen molar-refractivity contribution in [1.29, 1.82) is 0 Å². The highest BCUT2D eigenvalue weighted by Gasteiger charge is 2.13. The summed E-state index contributed by atoms with van der Waals surface area (Å²) in [5.74, 6) is 1.90. The van der Waals surface area contributed by atoms with Crippen molar-refractivity contribution in [3.63, 3.8) is 0 Å². The Morgan fingerprint density at radius 1 is 1.00 bits per heavy atom. The van der Waals surface area contributed by atoms with Crippen molar-refractivity contribution in [3.8, 4) is 17.0 Å². The highest BCUT2D eigenvalue weighted by Crippen LogP contribution is 2.28. The van der Waals surface area contributed by atoms with E-state index in [0.717, 1.165) is 42.0 Å². The van der Waals surface area contributed by atoms with E-state index in [1.807, 2.05) is 47.1 Å². The molecule has 2 aromatic heterocycles. The van der Waals surface area contributed by atoms with Crippen LogP contribution in [0.2, 0.25) is 0 Å². The SMILES string of the molecule is CCCCc1nc(Cc2ccccc2)nn1Cc1ccc(-c2cccnc2OC(=O)O)cc1. The third-order valence-corrected chi connectivity index (χ3v) is 5.30. The van der Waals surface area contributed by atoms with Gasteiger partial charge in [-0.3, -0.25) is 0 Å². The highest BCUT2D eigenvalue weighted by molar-refractivity contribution is 5.72. The van der Waals surface area contributed by atoms with Crippen LogP contribution in [-0.2, 0) is 19.4 Å². The topological polar surface area (TPSA) is 90.1 Å². The maximum atomic E-state index is 11.0. The molecule has 0 saturated heterocycles. The zero-order valence-electron chi connectivity index (χ0n) is 18.5. The zero-order valence-corrected chi connectivity index (χ0v) is 18.5. The third-order valence-electron chi connectivity index (χ3n) is 5.30. The Morgan fingerprint density at radius 2 is 1.79 bits per heavy atom. The summed E-state index contributed by atoms with van der Waals surface area (Å²) in [6, 6.07) is 21.7. The molecule has 33 heavy (non-hydrogen) atoms. The number of unbranched alkanes of at least 4 members (excludes halogenated alkanes) is 1. The Bertz CT molecular complexity index is 1200. The van der Waals surface area contributed by atoms with Crippen LogP contribution in [0.25, 0.3) is 11.1 Å². The van der Waals surface area contributed by atoms with Gasteiger partial charge in [0, 0.05) is 24.6 Å². The van der Waals surface area contributed by atoms with Crippen molar-refractivity contribution in [2.75, 3.05) is 0 Å². The largest absolute Gasteiger partial charge is 0.512 e. The van der Waals surface area contributed by atoms with Crippen LogP contribution in [0.4, 0.5) is 4.79 Å². The summed E-state index contributed by atoms with van der Waals surface area (Å²) in [4.78, 5) is 19.8. The lowest BCUT2D eigenvalue weighted by molar-refractivity contribution is 0.143. The van der Waals surface area contributed by atoms with Crippen LogP contribution >= 0.6 is 0 Å². The van der Waals surface area contributed by atoms with E-state index in [1.165, 1.54) is 11.8 Å². The van der Waals surface area contributed by atoms with Gasteiger partial charge in [0.25, 0.3) is 0 Å². The maximum Gasteiger partial charge on any atom is 0.512 e. The van der Waals surface area contributed by atoms with E-state index in [0.29, 0.717) is 18.5 Å². The summed E-state index contributed by atoms with van der Waals surface area (Å²) in [5, 5.41) is 13.7. The molecule has 168 valence electrons. The average Bonchev–Trinajstić information content (AvgIpc) is 3.19. The predicted octanol–water partition coefficient (Wildman–Crippen LogP) is 5.38. The van der Waals surface area contributed by atoms with E-state index in [1.54, 1.807) is 12.1 Å². The highest BCUT2D eigenvalue weighted by atomic mass is 16.7. The molecule has 4 aromatic rings. The van der Waals surface area contributed by atoms with E-state index >= 15 is 0 Å². The Hall–Kier alpha value is -4.00. The number of rotatable bonds is 9. The maximum absolute atomic E-state index is 11.0. The molecule has 4 rings (SSSR count). The quantitative estimate of drug-likeness (QED) is 0.350. The minimum absolute atomic E-state index is 0.0708. The molecular formula is C26H26N4O3. The Balaban J connectivity index is 1.54. The molecular weight excluding hydrogens is 416 g/mol. The summed E-state index contributed by atoms with van der Waals surface area (Å²) in [6.07, 6.45) is 3.88. The first kappa shape index (κ1) is 22.2. The molecule has 7 nitrogen and oxygen atoms in total. The van der Waals surface area contributed by atoms with Crippen LogP contribution < -0.4 is 4.74 Å². The predicted molar refractivity (Wildman–Crippen MR) is 125 cm³/mol. The number of aromatic nitrogens is 4. The molecule has 0 bridgehead atoms. The van der Waals surface area contributed by atoms with Crippen molar-refractivity contribution < 1.29 is 14.6 Å². The minimum atomic E-state index is -1.39. The van der Waals surface area contributed by atoms with E-state index in [-0.39, 0.29) is 5.88 Å². The van der Waals surface area contributed by atoms with Crippen molar-refractivity contribution in [1.82, 2.24) is 19.7 Å². The van der Waals surface area contributed by atoms with E-state index in [2.05, 4.69) is 24.0 Å². The lowest BCUT2D eigenvalue weighted by atomic mass is 10.1. The van der Waals surface area contributed by atoms with Gasteiger partial charge in [-0.05, 0) is 35.2 Å². The van der Waals surface area contributed by atoms with E-state index < -0.39 is 6.16 Å². The summed E-state index contributed by atoms with van der Waals surface area (Å²) in [6.45, 7) is 2.79. The second kappa shape index (κ2) is 10.5. The van der Waals surface area contributed by atoms with Crippen LogP contribution in [0.15, 0.2) is 72.9 Å². The summed E-state index contributed by atoms with van der Waals surface area (Å²) in [7, 11) is 0. The molecule has 2 heterocycles. The number of pyridine rings is 1. The fourth-order valence-electron chi connectivity index (χ4n) is 3.66. The molecule has 0 atom stereocenters. The number of benzene rings is 2. The molecule has 0 fully saturated rings. The van der Waals surface area contributed by atoms with Gasteiger partial charge >= 0.3 is 6.16 Å². The summed E-state index contributed by atoms with van der Waals surface area (Å²) < 4.78 is 6.81. The monoisotopic (exact) mass is 442 g/mol. The lowest BCUT2D eigenvalue weighted by Gasteiger charge is -2.09. The van der Waals surface area contributed by atoms with Gasteiger partial charge in [-0.1, -0.05) is 67.9 Å². The van der Waals surface area contributed by atoms with Crippen LogP contribution in [0.5, 0.6) is 5.88 Å². The van der Waals surface area contributed by atoms with Crippen LogP contribution in [0, 0.1) is 0 Å². The fourth-order valence-corrected chi connectivity index (χ4v) is 3.66. The second-order valence-corrected chi connectivity index (χ2v) is 7.79. The summed E-state index contributed by atoms with van der Waals surface area (Å²) >= 11 is 0. The van der Waals surface area contributed by atoms with Crippen molar-refractivity contribution in [2.24, 2.45) is 0 Å². The molecule has 0 spiro atoms. The van der Waals surface area contributed by atoms with Crippen molar-refractivity contribution >= 4 is 6.16 Å². The second-order valence-electron chi connectivity index (χ2n) is 7.79. The molecule has 0 amide bonds. The van der Waals surface area contributed by atoms with Gasteiger partial charge in [-0.2, -0.15) is 5.10 Å². The van der Waals surface area contributed by atoms with Gasteiger partial charge in [0.05, 0.1) is 6.54 Å². The number of hydrogen-bond donors (Lipinski definition) is 1. The van der Waals surface area contributed by atoms with Gasteiger partial charge in [-0.15, -0.1) is 0 Å². The van der Waals surface area contributed by atoms with Crippen LogP contribution in [0.3, 0.4) is 0 Å². The molecule has 0 aliphatic rings. The number of carbonyl (C=O) groups is 1. The average molecular weight is 443 g/mol. The number of nitrogens with zero attached hydrogens (tertiary/aromatic N) is 4. The van der Waals surface area contributed by atoms with Gasteiger partial charge < -0.3 is 9.84 Å². The number of hydrogen-bond acceptors (Lipinski definition) is 5. The normalized spacial score (nSPS) is 10.8. The Labute approximate surface area is 192 Å². The first-order chi connectivity index (χ1) is 16.1. The van der Waals surface area contributed by atoms with Crippen molar-refractivity contribution in [2.45, 2.75) is 39.2 Å². The molecule has 7 heteroatoms. The Kier molecular flexibility index (Phi) is 7.09. The minimum Gasteiger partial charge on any atom is -0.449 e. The van der Waals surface area contributed by atoms with Crippen LogP contribution in [-0.4, -0.2) is 31.0 Å². The zero-order chi connectivity index (χ0) is 23.0. The number of ether oxygens (including phenoxy) is 1. The van der Waals surface area contributed by atoms with Crippen LogP contribution in [0.1, 0.15) is 42.5 Å². The number of aryl methyl sites for hydroxylation is 1. The third kappa shape index (κ3) is 5.83. The van der Waals surface area contributed by atoms with Crippen molar-refractivity contribution in [3.05, 3.63) is 95.7 Å². The molecule has 0 aliphatic carbocycles. The number of carboxylic acid groups (broad SMARTS) is 1. The first-order valence-electron chi connectivity index (χ1n) is 11.0. The van der Waals surface area contributed by atoms with Gasteiger partial charge in [-0.25, -0.2) is 19.4 Å². The first-order valence-corrected chi connectivity index (χ1v) is 11.0. The smallest absolute Gasteiger partial charge is 0.449 e. The molecule has 0 aliphatic heterocycles. The van der Waals surface area contributed by atoms with Gasteiger partial charge in [0.1, 0.15) is 5.82 Å².